The highest BCUT2D eigenvalue weighted by Gasteiger charge is 2.66. The van der Waals surface area contributed by atoms with Crippen molar-refractivity contribution in [3.63, 3.8) is 0 Å². The van der Waals surface area contributed by atoms with Crippen LogP contribution in [0.15, 0.2) is 66.7 Å². The van der Waals surface area contributed by atoms with Gasteiger partial charge in [-0.1, -0.05) is 37.3 Å². The number of pyridine rings is 1. The summed E-state index contributed by atoms with van der Waals surface area (Å²) >= 11 is 0. The first-order valence-electron chi connectivity index (χ1n) is 11.9. The molecular formula is C28H30FN3O3. The number of aromatic nitrogens is 1. The van der Waals surface area contributed by atoms with E-state index in [9.17, 15) is 9.18 Å². The SMILES string of the molecule is CC(C)(NC(=O)OCc1ccccc1)c1cc(O[C@H]2[C@@H]3CNC[C@@]32C)nc(-c2ccc(F)cc2)c1. The zero-order valence-electron chi connectivity index (χ0n) is 20.2. The number of fused-ring (bicyclic) bond motifs is 1. The third-order valence-corrected chi connectivity index (χ3v) is 7.16. The van der Waals surface area contributed by atoms with Crippen molar-refractivity contribution in [1.29, 1.82) is 0 Å². The summed E-state index contributed by atoms with van der Waals surface area (Å²) in [6.45, 7) is 8.08. The molecule has 1 amide bonds. The zero-order chi connectivity index (χ0) is 24.6. The minimum absolute atomic E-state index is 0.0967. The summed E-state index contributed by atoms with van der Waals surface area (Å²) in [7, 11) is 0. The maximum Gasteiger partial charge on any atom is 0.408 e. The molecule has 3 aromatic rings. The number of nitrogens with zero attached hydrogens (tertiary/aromatic N) is 1. The molecule has 1 saturated heterocycles. The van der Waals surface area contributed by atoms with E-state index in [1.165, 1.54) is 12.1 Å². The average molecular weight is 476 g/mol. The molecule has 2 N–H and O–H groups in total. The monoisotopic (exact) mass is 475 g/mol. The van der Waals surface area contributed by atoms with Crippen LogP contribution in [0.1, 0.15) is 31.9 Å². The van der Waals surface area contributed by atoms with E-state index in [1.807, 2.05) is 56.3 Å². The highest BCUT2D eigenvalue weighted by Crippen LogP contribution is 2.56. The van der Waals surface area contributed by atoms with Gasteiger partial charge in [0.1, 0.15) is 18.5 Å². The third kappa shape index (κ3) is 4.86. The predicted molar refractivity (Wildman–Crippen MR) is 131 cm³/mol. The fraction of sp³-hybridized carbons (Fsp3) is 0.357. The zero-order valence-corrected chi connectivity index (χ0v) is 20.2. The van der Waals surface area contributed by atoms with E-state index in [4.69, 9.17) is 14.5 Å². The van der Waals surface area contributed by atoms with Crippen LogP contribution in [0.3, 0.4) is 0 Å². The van der Waals surface area contributed by atoms with E-state index in [2.05, 4.69) is 17.6 Å². The topological polar surface area (TPSA) is 72.5 Å². The number of rotatable bonds is 7. The molecule has 7 heteroatoms. The van der Waals surface area contributed by atoms with Gasteiger partial charge in [0.2, 0.25) is 5.88 Å². The van der Waals surface area contributed by atoms with Crippen molar-refractivity contribution >= 4 is 6.09 Å². The molecule has 0 spiro atoms. The number of nitrogens with one attached hydrogen (secondary N) is 2. The number of halogens is 1. The normalized spacial score (nSPS) is 22.9. The Balaban J connectivity index is 1.38. The van der Waals surface area contributed by atoms with Crippen LogP contribution in [0.2, 0.25) is 0 Å². The van der Waals surface area contributed by atoms with E-state index in [1.54, 1.807) is 12.1 Å². The van der Waals surface area contributed by atoms with Gasteiger partial charge in [0.15, 0.2) is 0 Å². The van der Waals surface area contributed by atoms with E-state index >= 15 is 0 Å². The first-order chi connectivity index (χ1) is 16.7. The minimum Gasteiger partial charge on any atom is -0.473 e. The maximum atomic E-state index is 13.5. The summed E-state index contributed by atoms with van der Waals surface area (Å²) in [5.74, 6) is 0.645. The Labute approximate surface area is 204 Å². The Morgan fingerprint density at radius 3 is 2.60 bits per heavy atom. The van der Waals surface area contributed by atoms with Crippen LogP contribution in [-0.4, -0.2) is 30.3 Å². The summed E-state index contributed by atoms with van der Waals surface area (Å²) in [4.78, 5) is 17.3. The Morgan fingerprint density at radius 1 is 1.17 bits per heavy atom. The summed E-state index contributed by atoms with van der Waals surface area (Å²) < 4.78 is 25.3. The largest absolute Gasteiger partial charge is 0.473 e. The highest BCUT2D eigenvalue weighted by molar-refractivity contribution is 5.69. The number of carbonyl (C=O) groups is 1. The Bertz CT molecular complexity index is 1220. The van der Waals surface area contributed by atoms with Crippen LogP contribution in [-0.2, 0) is 16.9 Å². The number of piperidine rings is 1. The lowest BCUT2D eigenvalue weighted by Gasteiger charge is -2.27. The summed E-state index contributed by atoms with van der Waals surface area (Å²) in [5.41, 5.74) is 2.49. The van der Waals surface area contributed by atoms with Gasteiger partial charge in [0.05, 0.1) is 11.2 Å². The van der Waals surface area contributed by atoms with Gasteiger partial charge < -0.3 is 20.1 Å². The van der Waals surface area contributed by atoms with Crippen LogP contribution in [0, 0.1) is 17.2 Å². The number of alkyl carbamates (subject to hydrolysis) is 1. The molecule has 1 aliphatic carbocycles. The fourth-order valence-electron chi connectivity index (χ4n) is 4.81. The lowest BCUT2D eigenvalue weighted by atomic mass is 9.93. The van der Waals surface area contributed by atoms with Crippen molar-refractivity contribution in [2.45, 2.75) is 39.0 Å². The smallest absolute Gasteiger partial charge is 0.408 e. The number of benzene rings is 2. The fourth-order valence-corrected chi connectivity index (χ4v) is 4.81. The molecular weight excluding hydrogens is 445 g/mol. The number of amides is 1. The molecule has 2 heterocycles. The van der Waals surface area contributed by atoms with Gasteiger partial charge in [-0.3, -0.25) is 0 Å². The second kappa shape index (κ2) is 8.96. The maximum absolute atomic E-state index is 13.5. The van der Waals surface area contributed by atoms with Gasteiger partial charge in [-0.2, -0.15) is 0 Å². The van der Waals surface area contributed by atoms with E-state index in [0.717, 1.165) is 29.8 Å². The van der Waals surface area contributed by atoms with E-state index in [0.29, 0.717) is 17.5 Å². The Morgan fingerprint density at radius 2 is 1.91 bits per heavy atom. The van der Waals surface area contributed by atoms with Gasteiger partial charge in [-0.25, -0.2) is 14.2 Å². The minimum atomic E-state index is -0.769. The van der Waals surface area contributed by atoms with Gasteiger partial charge in [-0.05, 0) is 55.3 Å². The molecule has 1 saturated carbocycles. The summed E-state index contributed by atoms with van der Waals surface area (Å²) in [5, 5.41) is 6.36. The lowest BCUT2D eigenvalue weighted by molar-refractivity contribution is 0.129. The van der Waals surface area contributed by atoms with Crippen molar-refractivity contribution in [1.82, 2.24) is 15.6 Å². The number of carbonyl (C=O) groups excluding carboxylic acids is 1. The lowest BCUT2D eigenvalue weighted by Crippen LogP contribution is -2.41. The molecule has 0 unspecified atom stereocenters. The van der Waals surface area contributed by atoms with Crippen LogP contribution in [0.25, 0.3) is 11.3 Å². The van der Waals surface area contributed by atoms with Gasteiger partial charge >= 0.3 is 6.09 Å². The van der Waals surface area contributed by atoms with Crippen LogP contribution in [0.5, 0.6) is 5.88 Å². The molecule has 1 aromatic heterocycles. The first-order valence-corrected chi connectivity index (χ1v) is 11.9. The molecule has 3 atom stereocenters. The first kappa shape index (κ1) is 23.3. The van der Waals surface area contributed by atoms with Crippen molar-refractivity contribution in [2.75, 3.05) is 13.1 Å². The molecule has 2 aromatic carbocycles. The molecule has 1 aliphatic heterocycles. The molecule has 0 bridgehead atoms. The van der Waals surface area contributed by atoms with Crippen molar-refractivity contribution < 1.29 is 18.7 Å². The quantitative estimate of drug-likeness (QED) is 0.501. The molecule has 2 fully saturated rings. The van der Waals surface area contributed by atoms with Crippen LogP contribution in [0.4, 0.5) is 9.18 Å². The third-order valence-electron chi connectivity index (χ3n) is 7.16. The van der Waals surface area contributed by atoms with Crippen molar-refractivity contribution in [3.05, 3.63) is 83.7 Å². The number of hydrogen-bond acceptors (Lipinski definition) is 5. The van der Waals surface area contributed by atoms with Crippen LogP contribution >= 0.6 is 0 Å². The summed E-state index contributed by atoms with van der Waals surface area (Å²) in [6.07, 6.45) is -0.420. The predicted octanol–water partition coefficient (Wildman–Crippen LogP) is 5.04. The van der Waals surface area contributed by atoms with Crippen molar-refractivity contribution in [3.8, 4) is 17.1 Å². The molecule has 5 rings (SSSR count). The van der Waals surface area contributed by atoms with Gasteiger partial charge in [-0.15, -0.1) is 0 Å². The molecule has 182 valence electrons. The second-order valence-corrected chi connectivity index (χ2v) is 10.2. The molecule has 35 heavy (non-hydrogen) atoms. The van der Waals surface area contributed by atoms with E-state index in [-0.39, 0.29) is 23.9 Å². The standard InChI is InChI=1S/C28H30FN3O3/c1-27(2,32-26(33)34-16-18-7-5-4-6-8-18)20-13-23(19-9-11-21(29)12-10-19)31-24(14-20)35-25-22-15-30-17-28(22,25)3/h4-14,22,25,30H,15-17H2,1-3H3,(H,32,33)/t22-,25-,28-/m0/s1. The Hall–Kier alpha value is -3.45. The summed E-state index contributed by atoms with van der Waals surface area (Å²) in [6, 6.07) is 19.5. The molecule has 0 radical (unpaired) electrons. The second-order valence-electron chi connectivity index (χ2n) is 10.2. The number of hydrogen-bond donors (Lipinski definition) is 2. The molecule has 6 nitrogen and oxygen atoms in total. The highest BCUT2D eigenvalue weighted by atomic mass is 19.1. The number of ether oxygens (including phenoxy) is 2. The molecule has 2 aliphatic rings. The van der Waals surface area contributed by atoms with Crippen LogP contribution < -0.4 is 15.4 Å². The Kier molecular flexibility index (Phi) is 5.97. The van der Waals surface area contributed by atoms with Gasteiger partial charge in [0.25, 0.3) is 0 Å². The van der Waals surface area contributed by atoms with E-state index < -0.39 is 11.6 Å². The average Bonchev–Trinajstić information content (AvgIpc) is 3.17. The van der Waals surface area contributed by atoms with Crippen molar-refractivity contribution in [2.24, 2.45) is 11.3 Å². The van der Waals surface area contributed by atoms with Gasteiger partial charge in [0, 0.05) is 36.1 Å².